The highest BCUT2D eigenvalue weighted by molar-refractivity contribution is 5.87. The van der Waals surface area contributed by atoms with E-state index in [1.54, 1.807) is 58.1 Å². The molecule has 1 atom stereocenters. The summed E-state index contributed by atoms with van der Waals surface area (Å²) in [5, 5.41) is 9.35. The molecule has 0 aliphatic carbocycles. The van der Waals surface area contributed by atoms with E-state index >= 15 is 0 Å². The molecule has 3 heterocycles. The Morgan fingerprint density at radius 1 is 1.13 bits per heavy atom. The molecule has 39 heavy (non-hydrogen) atoms. The van der Waals surface area contributed by atoms with Crippen molar-refractivity contribution in [1.29, 1.82) is 0 Å². The van der Waals surface area contributed by atoms with Gasteiger partial charge in [0, 0.05) is 19.3 Å². The van der Waals surface area contributed by atoms with Crippen molar-refractivity contribution in [2.24, 2.45) is 0 Å². The number of aliphatic hydroxyl groups excluding tert-OH is 1. The molecule has 5 rings (SSSR count). The average Bonchev–Trinajstić information content (AvgIpc) is 3.21. The topological polar surface area (TPSA) is 125 Å². The molecule has 1 saturated heterocycles. The molecule has 2 aromatic heterocycles. The number of anilines is 1. The number of pyridine rings is 1. The van der Waals surface area contributed by atoms with Gasteiger partial charge in [-0.15, -0.1) is 0 Å². The van der Waals surface area contributed by atoms with Gasteiger partial charge in [-0.05, 0) is 69.5 Å². The monoisotopic (exact) mass is 531 g/mol. The van der Waals surface area contributed by atoms with Crippen LogP contribution in [0.2, 0.25) is 0 Å². The minimum Gasteiger partial charge on any atom is -0.455 e. The number of likely N-dealkylation sites (tertiary alicyclic amines) is 1. The van der Waals surface area contributed by atoms with Gasteiger partial charge in [0.15, 0.2) is 5.75 Å². The van der Waals surface area contributed by atoms with E-state index in [1.165, 1.54) is 4.57 Å². The maximum atomic E-state index is 14.2. The van der Waals surface area contributed by atoms with Gasteiger partial charge in [-0.3, -0.25) is 9.13 Å². The minimum absolute atomic E-state index is 0.0649. The van der Waals surface area contributed by atoms with Crippen LogP contribution in [-0.2, 0) is 11.3 Å². The van der Waals surface area contributed by atoms with E-state index < -0.39 is 11.7 Å². The molecule has 1 aliphatic rings. The Balaban J connectivity index is 1.58. The van der Waals surface area contributed by atoms with E-state index in [0.717, 1.165) is 18.4 Å². The third-order valence-electron chi connectivity index (χ3n) is 6.67. The normalized spacial score (nSPS) is 15.9. The van der Waals surface area contributed by atoms with E-state index in [1.807, 2.05) is 32.9 Å². The van der Waals surface area contributed by atoms with Crippen LogP contribution in [-0.4, -0.2) is 48.9 Å². The maximum absolute atomic E-state index is 14.2. The van der Waals surface area contributed by atoms with Crippen LogP contribution < -0.4 is 16.2 Å². The number of fused-ring (bicyclic) bond motifs is 1. The van der Waals surface area contributed by atoms with Gasteiger partial charge in [0.2, 0.25) is 0 Å². The number of hydrogen-bond donors (Lipinski definition) is 2. The SMILES string of the molecule is CC(C)(C)OC(=O)N1CCC[C@@H](n2c(=O)n(-c3ccccc3Oc3ccc(CO)cc3)c3c(N)nccc32)C1. The van der Waals surface area contributed by atoms with Gasteiger partial charge in [0.05, 0.1) is 23.9 Å². The highest BCUT2D eigenvalue weighted by Crippen LogP contribution is 2.33. The Morgan fingerprint density at radius 2 is 1.87 bits per heavy atom. The standard InChI is InChI=1S/C29H33N5O5/c1-29(2,3)39-28(37)32-16-6-7-20(17-32)33-23-14-15-31-26(30)25(23)34(27(33)36)22-8-4-5-9-24(22)38-21-12-10-19(18-35)11-13-21/h4-5,8-15,20,35H,6-7,16-18H2,1-3H3,(H2,30,31)/t20-/m1/s1. The fourth-order valence-corrected chi connectivity index (χ4v) is 4.94. The van der Waals surface area contributed by atoms with Crippen molar-refractivity contribution < 1.29 is 19.4 Å². The number of piperidine rings is 1. The van der Waals surface area contributed by atoms with Crippen LogP contribution in [0.5, 0.6) is 11.5 Å². The summed E-state index contributed by atoms with van der Waals surface area (Å²) >= 11 is 0. The first kappa shape index (κ1) is 26.3. The molecule has 0 unspecified atom stereocenters. The first-order chi connectivity index (χ1) is 18.7. The Morgan fingerprint density at radius 3 is 2.59 bits per heavy atom. The Kier molecular flexibility index (Phi) is 7.05. The summed E-state index contributed by atoms with van der Waals surface area (Å²) in [7, 11) is 0. The van der Waals surface area contributed by atoms with Gasteiger partial charge in [-0.2, -0.15) is 0 Å². The summed E-state index contributed by atoms with van der Waals surface area (Å²) in [5.74, 6) is 1.23. The summed E-state index contributed by atoms with van der Waals surface area (Å²) < 4.78 is 15.0. The fraction of sp³-hybridized carbons (Fsp3) is 0.345. The fourth-order valence-electron chi connectivity index (χ4n) is 4.94. The molecular formula is C29H33N5O5. The summed E-state index contributed by atoms with van der Waals surface area (Å²) in [6.45, 7) is 6.34. The first-order valence-corrected chi connectivity index (χ1v) is 13.0. The number of hydrogen-bond acceptors (Lipinski definition) is 7. The molecule has 0 radical (unpaired) electrons. The highest BCUT2D eigenvalue weighted by atomic mass is 16.6. The van der Waals surface area contributed by atoms with Crippen molar-refractivity contribution in [2.75, 3.05) is 18.8 Å². The lowest BCUT2D eigenvalue weighted by Gasteiger charge is -2.34. The molecule has 1 aliphatic heterocycles. The predicted octanol–water partition coefficient (Wildman–Crippen LogP) is 4.63. The van der Waals surface area contributed by atoms with Crippen molar-refractivity contribution in [3.05, 3.63) is 76.8 Å². The second-order valence-electron chi connectivity index (χ2n) is 10.6. The first-order valence-electron chi connectivity index (χ1n) is 13.0. The lowest BCUT2D eigenvalue weighted by molar-refractivity contribution is 0.0173. The van der Waals surface area contributed by atoms with Crippen LogP contribution in [0.15, 0.2) is 65.6 Å². The molecule has 4 aromatic rings. The number of ether oxygens (including phenoxy) is 2. The van der Waals surface area contributed by atoms with E-state index in [9.17, 15) is 14.7 Å². The number of amides is 1. The predicted molar refractivity (Wildman–Crippen MR) is 148 cm³/mol. The molecule has 1 fully saturated rings. The van der Waals surface area contributed by atoms with Gasteiger partial charge in [-0.1, -0.05) is 24.3 Å². The number of nitrogens with zero attached hydrogens (tertiary/aromatic N) is 4. The van der Waals surface area contributed by atoms with Gasteiger partial charge in [0.25, 0.3) is 0 Å². The lowest BCUT2D eigenvalue weighted by atomic mass is 10.1. The largest absolute Gasteiger partial charge is 0.455 e. The third-order valence-corrected chi connectivity index (χ3v) is 6.67. The Bertz CT molecular complexity index is 1550. The number of aromatic nitrogens is 3. The number of aliphatic hydroxyl groups is 1. The molecular weight excluding hydrogens is 498 g/mol. The van der Waals surface area contributed by atoms with Crippen molar-refractivity contribution in [2.45, 2.75) is 51.9 Å². The minimum atomic E-state index is -0.612. The number of rotatable bonds is 5. The number of benzene rings is 2. The number of nitrogen functional groups attached to an aromatic ring is 1. The molecule has 2 aromatic carbocycles. The molecule has 1 amide bonds. The molecule has 3 N–H and O–H groups in total. The average molecular weight is 532 g/mol. The van der Waals surface area contributed by atoms with E-state index in [-0.39, 0.29) is 24.2 Å². The maximum Gasteiger partial charge on any atom is 0.410 e. The number of carbonyl (C=O) groups is 1. The van der Waals surface area contributed by atoms with E-state index in [2.05, 4.69) is 4.98 Å². The zero-order chi connectivity index (χ0) is 27.7. The Labute approximate surface area is 226 Å². The lowest BCUT2D eigenvalue weighted by Crippen LogP contribution is -2.45. The second kappa shape index (κ2) is 10.5. The summed E-state index contributed by atoms with van der Waals surface area (Å²) in [6, 6.07) is 15.8. The van der Waals surface area contributed by atoms with Crippen molar-refractivity contribution in [3.63, 3.8) is 0 Å². The van der Waals surface area contributed by atoms with E-state index in [4.69, 9.17) is 15.2 Å². The smallest absolute Gasteiger partial charge is 0.410 e. The van der Waals surface area contributed by atoms with Gasteiger partial charge in [0.1, 0.15) is 22.7 Å². The van der Waals surface area contributed by atoms with E-state index in [0.29, 0.717) is 41.3 Å². The molecule has 204 valence electrons. The zero-order valence-corrected chi connectivity index (χ0v) is 22.3. The quantitative estimate of drug-likeness (QED) is 0.385. The third kappa shape index (κ3) is 5.33. The molecule has 10 heteroatoms. The number of para-hydroxylation sites is 2. The Hall–Kier alpha value is -4.31. The van der Waals surface area contributed by atoms with Crippen molar-refractivity contribution in [3.8, 4) is 17.2 Å². The summed E-state index contributed by atoms with van der Waals surface area (Å²) in [4.78, 5) is 32.9. The van der Waals surface area contributed by atoms with Crippen LogP contribution in [0.4, 0.5) is 10.6 Å². The molecule has 0 spiro atoms. The highest BCUT2D eigenvalue weighted by Gasteiger charge is 2.32. The number of nitrogens with two attached hydrogens (primary N) is 1. The van der Waals surface area contributed by atoms with Crippen LogP contribution in [0, 0.1) is 0 Å². The second-order valence-corrected chi connectivity index (χ2v) is 10.6. The molecule has 0 saturated carbocycles. The van der Waals surface area contributed by atoms with Crippen molar-refractivity contribution in [1.82, 2.24) is 19.0 Å². The van der Waals surface area contributed by atoms with Crippen LogP contribution in [0.3, 0.4) is 0 Å². The molecule has 10 nitrogen and oxygen atoms in total. The zero-order valence-electron chi connectivity index (χ0n) is 22.3. The van der Waals surface area contributed by atoms with Crippen LogP contribution in [0.25, 0.3) is 16.7 Å². The summed E-state index contributed by atoms with van der Waals surface area (Å²) in [5.41, 5.74) is 7.82. The molecule has 0 bridgehead atoms. The summed E-state index contributed by atoms with van der Waals surface area (Å²) in [6.07, 6.45) is 2.64. The van der Waals surface area contributed by atoms with Gasteiger partial charge in [-0.25, -0.2) is 14.6 Å². The van der Waals surface area contributed by atoms with Gasteiger partial charge >= 0.3 is 11.8 Å². The van der Waals surface area contributed by atoms with Crippen molar-refractivity contribution >= 4 is 22.9 Å². The number of imidazole rings is 1. The van der Waals surface area contributed by atoms with Crippen LogP contribution in [0.1, 0.15) is 45.2 Å². The number of carbonyl (C=O) groups excluding carboxylic acids is 1. The van der Waals surface area contributed by atoms with Crippen LogP contribution >= 0.6 is 0 Å². The van der Waals surface area contributed by atoms with Gasteiger partial charge < -0.3 is 25.2 Å².